The summed E-state index contributed by atoms with van der Waals surface area (Å²) in [6, 6.07) is 12.6. The SMILES string of the molecule is CCN1C(=O)[C@]2(O)C(=O)N(C)c3cccc(Cl)c3[C@@H]2c2ccccc21. The van der Waals surface area contributed by atoms with Crippen molar-refractivity contribution in [2.24, 2.45) is 0 Å². The second kappa shape index (κ2) is 5.31. The maximum Gasteiger partial charge on any atom is 0.269 e. The minimum Gasteiger partial charge on any atom is -0.371 e. The zero-order valence-corrected chi connectivity index (χ0v) is 14.6. The van der Waals surface area contributed by atoms with Crippen molar-refractivity contribution in [1.29, 1.82) is 0 Å². The van der Waals surface area contributed by atoms with Crippen LogP contribution in [0.5, 0.6) is 0 Å². The summed E-state index contributed by atoms with van der Waals surface area (Å²) in [5, 5.41) is 11.8. The van der Waals surface area contributed by atoms with Gasteiger partial charge >= 0.3 is 0 Å². The van der Waals surface area contributed by atoms with Crippen LogP contribution in [0.15, 0.2) is 42.5 Å². The number of likely N-dealkylation sites (N-methyl/N-ethyl adjacent to an activating group) is 2. The van der Waals surface area contributed by atoms with Crippen molar-refractivity contribution in [2.75, 3.05) is 23.4 Å². The quantitative estimate of drug-likeness (QED) is 0.799. The lowest BCUT2D eigenvalue weighted by molar-refractivity contribution is -0.153. The lowest BCUT2D eigenvalue weighted by atomic mass is 9.69. The highest BCUT2D eigenvalue weighted by Crippen LogP contribution is 2.53. The van der Waals surface area contributed by atoms with Gasteiger partial charge in [-0.15, -0.1) is 0 Å². The number of carbonyl (C=O) groups is 2. The Morgan fingerprint density at radius 2 is 1.76 bits per heavy atom. The molecule has 128 valence electrons. The standard InChI is InChI=1S/C19H17ClN2O3/c1-3-22-13-9-5-4-7-11(13)16-15-12(20)8-6-10-14(15)21(2)17(23)19(16,25)18(22)24/h4-10,16,25H,3H2,1-2H3/t16-,19+/m0/s1. The Balaban J connectivity index is 2.12. The second-order valence-corrected chi connectivity index (χ2v) is 6.75. The van der Waals surface area contributed by atoms with Crippen LogP contribution < -0.4 is 9.80 Å². The van der Waals surface area contributed by atoms with Gasteiger partial charge in [0.25, 0.3) is 11.8 Å². The maximum absolute atomic E-state index is 13.1. The van der Waals surface area contributed by atoms with Crippen LogP contribution in [0.25, 0.3) is 0 Å². The first-order chi connectivity index (χ1) is 11.9. The molecular formula is C19H17ClN2O3. The van der Waals surface area contributed by atoms with Crippen LogP contribution in [-0.4, -0.2) is 36.1 Å². The predicted molar refractivity (Wildman–Crippen MR) is 96.1 cm³/mol. The molecule has 0 fully saturated rings. The van der Waals surface area contributed by atoms with E-state index in [1.165, 1.54) is 9.80 Å². The molecule has 5 nitrogen and oxygen atoms in total. The van der Waals surface area contributed by atoms with Gasteiger partial charge in [0.1, 0.15) is 0 Å². The third-order valence-electron chi connectivity index (χ3n) is 5.15. The molecule has 6 heteroatoms. The average Bonchev–Trinajstić information content (AvgIpc) is 2.61. The first kappa shape index (κ1) is 16.1. The van der Waals surface area contributed by atoms with Crippen molar-refractivity contribution in [3.8, 4) is 0 Å². The molecule has 2 aromatic rings. The Morgan fingerprint density at radius 1 is 1.08 bits per heavy atom. The van der Waals surface area contributed by atoms with Crippen molar-refractivity contribution in [3.05, 3.63) is 58.6 Å². The lowest BCUT2D eigenvalue weighted by Gasteiger charge is -2.48. The van der Waals surface area contributed by atoms with Gasteiger partial charge in [0.05, 0.1) is 5.92 Å². The summed E-state index contributed by atoms with van der Waals surface area (Å²) in [5.74, 6) is -2.07. The number of anilines is 2. The third kappa shape index (κ3) is 1.88. The highest BCUT2D eigenvalue weighted by molar-refractivity contribution is 6.33. The molecule has 0 aliphatic carbocycles. The van der Waals surface area contributed by atoms with Crippen LogP contribution in [0.1, 0.15) is 24.0 Å². The fourth-order valence-electron chi connectivity index (χ4n) is 4.00. The first-order valence-corrected chi connectivity index (χ1v) is 8.50. The van der Waals surface area contributed by atoms with E-state index >= 15 is 0 Å². The van der Waals surface area contributed by atoms with E-state index < -0.39 is 23.3 Å². The van der Waals surface area contributed by atoms with Gasteiger partial charge in [-0.2, -0.15) is 0 Å². The van der Waals surface area contributed by atoms with Gasteiger partial charge in [0.2, 0.25) is 5.60 Å². The molecule has 2 heterocycles. The summed E-state index contributed by atoms with van der Waals surface area (Å²) < 4.78 is 0. The monoisotopic (exact) mass is 356 g/mol. The molecule has 0 saturated carbocycles. The highest BCUT2D eigenvalue weighted by Gasteiger charge is 2.62. The number of halogens is 1. The first-order valence-electron chi connectivity index (χ1n) is 8.12. The Hall–Kier alpha value is -2.37. The lowest BCUT2D eigenvalue weighted by Crippen LogP contribution is -2.66. The molecule has 1 N–H and O–H groups in total. The molecule has 0 aromatic heterocycles. The number of nitrogens with zero attached hydrogens (tertiary/aromatic N) is 2. The number of rotatable bonds is 1. The Bertz CT molecular complexity index is 913. The van der Waals surface area contributed by atoms with E-state index in [9.17, 15) is 14.7 Å². The summed E-state index contributed by atoms with van der Waals surface area (Å²) in [5.41, 5.74) is 0.442. The summed E-state index contributed by atoms with van der Waals surface area (Å²) in [6.07, 6.45) is 0. The van der Waals surface area contributed by atoms with E-state index in [0.29, 0.717) is 28.5 Å². The van der Waals surface area contributed by atoms with Gasteiger partial charge in [-0.1, -0.05) is 35.9 Å². The molecular weight excluding hydrogens is 340 g/mol. The number of hydrogen-bond donors (Lipinski definition) is 1. The average molecular weight is 357 g/mol. The number of carbonyl (C=O) groups excluding carboxylic acids is 2. The number of aliphatic hydroxyl groups is 1. The van der Waals surface area contributed by atoms with Crippen LogP contribution in [0.3, 0.4) is 0 Å². The van der Waals surface area contributed by atoms with E-state index in [-0.39, 0.29) is 0 Å². The fourth-order valence-corrected chi connectivity index (χ4v) is 4.28. The van der Waals surface area contributed by atoms with Crippen molar-refractivity contribution in [2.45, 2.75) is 18.4 Å². The van der Waals surface area contributed by atoms with Gasteiger partial charge in [-0.05, 0) is 30.7 Å². The molecule has 0 unspecified atom stereocenters. The van der Waals surface area contributed by atoms with Crippen molar-refractivity contribution >= 4 is 34.8 Å². The van der Waals surface area contributed by atoms with Crippen molar-refractivity contribution in [3.63, 3.8) is 0 Å². The zero-order valence-electron chi connectivity index (χ0n) is 13.9. The second-order valence-electron chi connectivity index (χ2n) is 6.34. The van der Waals surface area contributed by atoms with Gasteiger partial charge in [-0.25, -0.2) is 0 Å². The van der Waals surface area contributed by atoms with Gasteiger partial charge in [0.15, 0.2) is 0 Å². The minimum absolute atomic E-state index is 0.358. The van der Waals surface area contributed by atoms with Crippen LogP contribution in [0.2, 0.25) is 5.02 Å². The predicted octanol–water partition coefficient (Wildman–Crippen LogP) is 2.55. The van der Waals surface area contributed by atoms with Gasteiger partial charge < -0.3 is 14.9 Å². The topological polar surface area (TPSA) is 60.9 Å². The van der Waals surface area contributed by atoms with Crippen LogP contribution >= 0.6 is 11.6 Å². The third-order valence-corrected chi connectivity index (χ3v) is 5.48. The smallest absolute Gasteiger partial charge is 0.269 e. The molecule has 2 aliphatic heterocycles. The molecule has 25 heavy (non-hydrogen) atoms. The van der Waals surface area contributed by atoms with Crippen LogP contribution in [0, 0.1) is 0 Å². The molecule has 2 atom stereocenters. The van der Waals surface area contributed by atoms with Crippen molar-refractivity contribution < 1.29 is 14.7 Å². The number of hydrogen-bond acceptors (Lipinski definition) is 3. The van der Waals surface area contributed by atoms with E-state index in [1.807, 2.05) is 31.2 Å². The van der Waals surface area contributed by atoms with Crippen molar-refractivity contribution in [1.82, 2.24) is 0 Å². The van der Waals surface area contributed by atoms with E-state index in [2.05, 4.69) is 0 Å². The molecule has 2 amide bonds. The fraction of sp³-hybridized carbons (Fsp3) is 0.263. The molecule has 2 aromatic carbocycles. The number of fused-ring (bicyclic) bond motifs is 5. The molecule has 4 rings (SSSR count). The molecule has 0 spiro atoms. The summed E-state index contributed by atoms with van der Waals surface area (Å²) in [6.45, 7) is 2.17. The normalized spacial score (nSPS) is 24.7. The minimum atomic E-state index is -2.20. The zero-order chi connectivity index (χ0) is 17.9. The Morgan fingerprint density at radius 3 is 2.48 bits per heavy atom. The molecule has 0 saturated heterocycles. The largest absolute Gasteiger partial charge is 0.371 e. The maximum atomic E-state index is 13.1. The summed E-state index contributed by atoms with van der Waals surface area (Å²) in [7, 11) is 1.55. The highest BCUT2D eigenvalue weighted by atomic mass is 35.5. The van der Waals surface area contributed by atoms with Gasteiger partial charge in [-0.3, -0.25) is 9.59 Å². The Kier molecular flexibility index (Phi) is 3.42. The summed E-state index contributed by atoms with van der Waals surface area (Å²) in [4.78, 5) is 28.9. The number of amides is 2. The van der Waals surface area contributed by atoms with Crippen LogP contribution in [-0.2, 0) is 9.59 Å². The number of benzene rings is 2. The van der Waals surface area contributed by atoms with E-state index in [1.54, 1.807) is 25.2 Å². The van der Waals surface area contributed by atoms with Crippen LogP contribution in [0.4, 0.5) is 11.4 Å². The number of para-hydroxylation sites is 1. The molecule has 0 bridgehead atoms. The Labute approximate surface area is 150 Å². The van der Waals surface area contributed by atoms with E-state index in [4.69, 9.17) is 11.6 Å². The van der Waals surface area contributed by atoms with E-state index in [0.717, 1.165) is 5.56 Å². The molecule has 0 radical (unpaired) electrons. The molecule has 2 aliphatic rings. The summed E-state index contributed by atoms with van der Waals surface area (Å²) >= 11 is 6.45. The van der Waals surface area contributed by atoms with Gasteiger partial charge in [0, 0.05) is 35.6 Å².